The minimum atomic E-state index is 0.121. The average Bonchev–Trinajstić information content (AvgIpc) is 3.07. The number of anilines is 2. The van der Waals surface area contributed by atoms with Crippen LogP contribution >= 0.6 is 0 Å². The molecule has 2 aliphatic heterocycles. The van der Waals surface area contributed by atoms with Gasteiger partial charge in [-0.1, -0.05) is 54.6 Å². The molecule has 4 aromatic carbocycles. The van der Waals surface area contributed by atoms with Crippen LogP contribution in [0, 0.1) is 0 Å². The van der Waals surface area contributed by atoms with Gasteiger partial charge in [-0.3, -0.25) is 9.69 Å². The van der Waals surface area contributed by atoms with Crippen molar-refractivity contribution in [1.82, 2.24) is 4.90 Å². The number of methoxy groups -OCH3 is 1. The number of carbonyl (C=O) groups excluding carboxylic acids is 1. The molecule has 0 aromatic heterocycles. The number of carbonyl (C=O) groups is 1. The zero-order chi connectivity index (χ0) is 25.2. The van der Waals surface area contributed by atoms with Crippen LogP contribution in [0.4, 0.5) is 11.4 Å². The molecule has 1 fully saturated rings. The van der Waals surface area contributed by atoms with E-state index in [1.54, 1.807) is 7.11 Å². The third-order valence-corrected chi connectivity index (χ3v) is 7.72. The highest BCUT2D eigenvalue weighted by Crippen LogP contribution is 2.42. The maximum atomic E-state index is 13.4. The third kappa shape index (κ3) is 4.67. The zero-order valence-corrected chi connectivity index (χ0v) is 21.4. The molecular weight excluding hydrogens is 458 g/mol. The van der Waals surface area contributed by atoms with Gasteiger partial charge < -0.3 is 14.5 Å². The van der Waals surface area contributed by atoms with Crippen molar-refractivity contribution in [3.05, 3.63) is 102 Å². The van der Waals surface area contributed by atoms with E-state index in [2.05, 4.69) is 64.4 Å². The van der Waals surface area contributed by atoms with Gasteiger partial charge in [-0.25, -0.2) is 0 Å². The van der Waals surface area contributed by atoms with Gasteiger partial charge in [0.25, 0.3) is 5.91 Å². The summed E-state index contributed by atoms with van der Waals surface area (Å²) in [6.45, 7) is 5.72. The SMILES string of the molecule is COc1ccc(CN2CCCN(c3ccc4c5c(cccc35)C(=O)N4CCc3ccccc3)CC2)cc1. The van der Waals surface area contributed by atoms with Gasteiger partial charge >= 0.3 is 0 Å². The summed E-state index contributed by atoms with van der Waals surface area (Å²) in [7, 11) is 1.71. The lowest BCUT2D eigenvalue weighted by molar-refractivity contribution is 0.0993. The molecule has 0 unspecified atom stereocenters. The van der Waals surface area contributed by atoms with Gasteiger partial charge in [0.1, 0.15) is 5.75 Å². The highest BCUT2D eigenvalue weighted by molar-refractivity contribution is 6.26. The average molecular weight is 492 g/mol. The molecule has 0 radical (unpaired) electrons. The Balaban J connectivity index is 1.21. The molecule has 1 saturated heterocycles. The first-order chi connectivity index (χ1) is 18.2. The first kappa shape index (κ1) is 23.6. The van der Waals surface area contributed by atoms with Gasteiger partial charge in [0, 0.05) is 61.3 Å². The van der Waals surface area contributed by atoms with E-state index in [1.807, 2.05) is 35.2 Å². The lowest BCUT2D eigenvalue weighted by Crippen LogP contribution is -2.30. The van der Waals surface area contributed by atoms with E-state index >= 15 is 0 Å². The molecule has 2 heterocycles. The van der Waals surface area contributed by atoms with Gasteiger partial charge in [-0.05, 0) is 54.3 Å². The zero-order valence-electron chi connectivity index (χ0n) is 21.4. The third-order valence-electron chi connectivity index (χ3n) is 7.72. The van der Waals surface area contributed by atoms with Crippen LogP contribution < -0.4 is 14.5 Å². The van der Waals surface area contributed by atoms with Gasteiger partial charge in [-0.2, -0.15) is 0 Å². The Kier molecular flexibility index (Phi) is 6.54. The molecule has 5 nitrogen and oxygen atoms in total. The van der Waals surface area contributed by atoms with Crippen molar-refractivity contribution in [2.75, 3.05) is 49.6 Å². The second-order valence-corrected chi connectivity index (χ2v) is 9.99. The highest BCUT2D eigenvalue weighted by Gasteiger charge is 2.31. The molecule has 0 N–H and O–H groups in total. The van der Waals surface area contributed by atoms with Crippen molar-refractivity contribution >= 4 is 28.1 Å². The Bertz CT molecular complexity index is 1400. The van der Waals surface area contributed by atoms with Gasteiger partial charge in [0.05, 0.1) is 12.8 Å². The monoisotopic (exact) mass is 491 g/mol. The number of benzene rings is 4. The van der Waals surface area contributed by atoms with Crippen molar-refractivity contribution in [1.29, 1.82) is 0 Å². The van der Waals surface area contributed by atoms with E-state index in [9.17, 15) is 4.79 Å². The Morgan fingerprint density at radius 3 is 2.38 bits per heavy atom. The molecule has 1 amide bonds. The van der Waals surface area contributed by atoms with Gasteiger partial charge in [-0.15, -0.1) is 0 Å². The smallest absolute Gasteiger partial charge is 0.259 e. The van der Waals surface area contributed by atoms with E-state index in [0.717, 1.165) is 68.0 Å². The maximum Gasteiger partial charge on any atom is 0.259 e. The fraction of sp³-hybridized carbons (Fsp3) is 0.281. The van der Waals surface area contributed by atoms with Crippen molar-refractivity contribution in [2.45, 2.75) is 19.4 Å². The minimum absolute atomic E-state index is 0.121. The Morgan fingerprint density at radius 1 is 0.757 bits per heavy atom. The van der Waals surface area contributed by atoms with Crippen LogP contribution in [0.3, 0.4) is 0 Å². The van der Waals surface area contributed by atoms with E-state index in [-0.39, 0.29) is 5.91 Å². The predicted molar refractivity (Wildman–Crippen MR) is 151 cm³/mol. The summed E-state index contributed by atoms with van der Waals surface area (Å²) in [5, 5.41) is 2.30. The maximum absolute atomic E-state index is 13.4. The molecule has 0 saturated carbocycles. The number of rotatable bonds is 7. The second kappa shape index (κ2) is 10.3. The number of nitrogens with zero attached hydrogens (tertiary/aromatic N) is 3. The molecule has 0 aliphatic carbocycles. The summed E-state index contributed by atoms with van der Waals surface area (Å²) in [4.78, 5) is 20.4. The fourth-order valence-electron chi connectivity index (χ4n) is 5.77. The molecule has 0 bridgehead atoms. The van der Waals surface area contributed by atoms with Gasteiger partial charge in [0.15, 0.2) is 0 Å². The van der Waals surface area contributed by atoms with E-state index < -0.39 is 0 Å². The molecule has 37 heavy (non-hydrogen) atoms. The fourth-order valence-corrected chi connectivity index (χ4v) is 5.77. The summed E-state index contributed by atoms with van der Waals surface area (Å²) in [6, 6.07) is 29.4. The minimum Gasteiger partial charge on any atom is -0.497 e. The predicted octanol–water partition coefficient (Wildman–Crippen LogP) is 5.76. The first-order valence-corrected chi connectivity index (χ1v) is 13.2. The van der Waals surface area contributed by atoms with Crippen LogP contribution in [0.5, 0.6) is 5.75 Å². The molecule has 0 atom stereocenters. The van der Waals surface area contributed by atoms with E-state index in [0.29, 0.717) is 6.54 Å². The lowest BCUT2D eigenvalue weighted by Gasteiger charge is -2.26. The Morgan fingerprint density at radius 2 is 1.57 bits per heavy atom. The van der Waals surface area contributed by atoms with Gasteiger partial charge in [0.2, 0.25) is 0 Å². The van der Waals surface area contributed by atoms with Crippen molar-refractivity contribution in [2.24, 2.45) is 0 Å². The standard InChI is InChI=1S/C32H33N3O2/c1-37-26-13-11-25(12-14-26)23-33-18-6-19-34(22-21-33)29-15-16-30-31-27(29)9-5-10-28(31)32(36)35(30)20-17-24-7-3-2-4-8-24/h2-5,7-16H,6,17-23H2,1H3. The summed E-state index contributed by atoms with van der Waals surface area (Å²) < 4.78 is 5.30. The molecule has 188 valence electrons. The molecule has 6 rings (SSSR count). The molecule has 4 aromatic rings. The topological polar surface area (TPSA) is 36.0 Å². The summed E-state index contributed by atoms with van der Waals surface area (Å²) in [6.07, 6.45) is 1.96. The first-order valence-electron chi connectivity index (χ1n) is 13.2. The van der Waals surface area contributed by atoms with Crippen molar-refractivity contribution in [3.63, 3.8) is 0 Å². The number of amides is 1. The number of hydrogen-bond donors (Lipinski definition) is 0. The summed E-state index contributed by atoms with van der Waals surface area (Å²) in [5.74, 6) is 1.02. The Hall–Kier alpha value is -3.83. The van der Waals surface area contributed by atoms with Crippen LogP contribution in [0.2, 0.25) is 0 Å². The van der Waals surface area contributed by atoms with Crippen molar-refractivity contribution < 1.29 is 9.53 Å². The molecule has 0 spiro atoms. The van der Waals surface area contributed by atoms with Crippen LogP contribution in [0.1, 0.15) is 27.9 Å². The van der Waals surface area contributed by atoms with E-state index in [4.69, 9.17) is 4.74 Å². The Labute approximate surface area is 218 Å². The highest BCUT2D eigenvalue weighted by atomic mass is 16.5. The van der Waals surface area contributed by atoms with Crippen molar-refractivity contribution in [3.8, 4) is 5.75 Å². The normalized spacial score (nSPS) is 15.9. The van der Waals surface area contributed by atoms with Crippen LogP contribution in [0.25, 0.3) is 10.8 Å². The van der Waals surface area contributed by atoms with Crippen LogP contribution in [-0.4, -0.2) is 50.6 Å². The largest absolute Gasteiger partial charge is 0.497 e. The quantitative estimate of drug-likeness (QED) is 0.329. The second-order valence-electron chi connectivity index (χ2n) is 9.99. The van der Waals surface area contributed by atoms with Crippen LogP contribution in [-0.2, 0) is 13.0 Å². The molecular formula is C32H33N3O2. The molecule has 5 heteroatoms. The lowest BCUT2D eigenvalue weighted by atomic mass is 10.0. The number of ether oxygens (including phenoxy) is 1. The molecule has 2 aliphatic rings. The van der Waals surface area contributed by atoms with E-state index in [1.165, 1.54) is 22.2 Å². The number of hydrogen-bond acceptors (Lipinski definition) is 4. The summed E-state index contributed by atoms with van der Waals surface area (Å²) in [5.41, 5.74) is 5.69. The summed E-state index contributed by atoms with van der Waals surface area (Å²) >= 11 is 0. The van der Waals surface area contributed by atoms with Crippen LogP contribution in [0.15, 0.2) is 84.9 Å².